The topological polar surface area (TPSA) is 65.7 Å². The van der Waals surface area contributed by atoms with E-state index < -0.39 is 0 Å². The minimum Gasteiger partial charge on any atom is -0.493 e. The first-order chi connectivity index (χ1) is 15.9. The molecule has 0 fully saturated rings. The quantitative estimate of drug-likeness (QED) is 0.203. The Bertz CT molecular complexity index is 1080. The molecule has 8 heteroatoms. The zero-order chi connectivity index (χ0) is 24.4. The Hall–Kier alpha value is -3.04. The Labute approximate surface area is 201 Å². The molecule has 0 radical (unpaired) electrons. The Balaban J connectivity index is 2.32. The van der Waals surface area contributed by atoms with Crippen LogP contribution < -0.4 is 9.47 Å². The van der Waals surface area contributed by atoms with Gasteiger partial charge < -0.3 is 18.7 Å². The molecule has 1 aromatic heterocycles. The summed E-state index contributed by atoms with van der Waals surface area (Å²) in [7, 11) is 3.15. The van der Waals surface area contributed by atoms with Gasteiger partial charge in [-0.25, -0.2) is 0 Å². The molecule has 0 spiro atoms. The van der Waals surface area contributed by atoms with Crippen LogP contribution >= 0.6 is 11.8 Å². The summed E-state index contributed by atoms with van der Waals surface area (Å²) in [5.41, 5.74) is 3.63. The summed E-state index contributed by atoms with van der Waals surface area (Å²) >= 11 is 1.01. The first-order valence-corrected chi connectivity index (χ1v) is 11.5. The Morgan fingerprint density at radius 2 is 1.97 bits per heavy atom. The highest BCUT2D eigenvalue weighted by Crippen LogP contribution is 2.28. The number of allylic oxidation sites excluding steroid dienone is 3. The molecule has 170 valence electrons. The number of hydrogen-bond acceptors (Lipinski definition) is 6. The molecule has 2 rings (SSSR count). The lowest BCUT2D eigenvalue weighted by molar-refractivity contribution is -0.108. The van der Waals surface area contributed by atoms with Crippen molar-refractivity contribution >= 4 is 36.5 Å². The minimum absolute atomic E-state index is 0.00659. The molecule has 1 aromatic carbocycles. The summed E-state index contributed by atoms with van der Waals surface area (Å²) in [4.78, 5) is 25.4. The van der Waals surface area contributed by atoms with Crippen LogP contribution in [-0.4, -0.2) is 38.9 Å². The van der Waals surface area contributed by atoms with Gasteiger partial charge in [0.05, 0.1) is 26.7 Å². The molecular weight excluding hydrogens is 434 g/mol. The summed E-state index contributed by atoms with van der Waals surface area (Å²) < 4.78 is 15.7. The maximum atomic E-state index is 13.6. The van der Waals surface area contributed by atoms with Gasteiger partial charge in [0.25, 0.3) is 0 Å². The van der Waals surface area contributed by atoms with Crippen LogP contribution in [0.3, 0.4) is 0 Å². The molecule has 1 heterocycles. The van der Waals surface area contributed by atoms with E-state index in [9.17, 15) is 9.59 Å². The third-order valence-electron chi connectivity index (χ3n) is 5.50. The van der Waals surface area contributed by atoms with Crippen molar-refractivity contribution < 1.29 is 23.5 Å². The normalized spacial score (nSPS) is 10.9. The third kappa shape index (κ3) is 6.97. The van der Waals surface area contributed by atoms with Gasteiger partial charge in [-0.3, -0.25) is 4.79 Å². The van der Waals surface area contributed by atoms with Crippen LogP contribution in [-0.2, 0) is 15.9 Å². The number of methoxy groups -OCH3 is 2. The molecule has 0 saturated carbocycles. The largest absolute Gasteiger partial charge is 0.493 e. The van der Waals surface area contributed by atoms with E-state index in [0.29, 0.717) is 40.0 Å². The van der Waals surface area contributed by atoms with E-state index in [2.05, 4.69) is 18.4 Å². The number of carbonyl (C=O) groups excluding carboxylic acids is 2. The first-order valence-electron chi connectivity index (χ1n) is 10.6. The Morgan fingerprint density at radius 1 is 1.24 bits per heavy atom. The van der Waals surface area contributed by atoms with Crippen molar-refractivity contribution in [3.63, 3.8) is 0 Å². The zero-order valence-electron chi connectivity index (χ0n) is 19.8. The third-order valence-corrected chi connectivity index (χ3v) is 6.17. The maximum Gasteiger partial charge on any atom is 0.232 e. The van der Waals surface area contributed by atoms with Crippen LogP contribution in [0.2, 0.25) is 13.1 Å². The predicted molar refractivity (Wildman–Crippen MR) is 138 cm³/mol. The predicted octanol–water partition coefficient (Wildman–Crippen LogP) is 5.01. The first kappa shape index (κ1) is 26.2. The molecule has 0 amide bonds. The smallest absolute Gasteiger partial charge is 0.232 e. The fraction of sp³-hybridized carbons (Fsp3) is 0.280. The molecule has 0 aliphatic heterocycles. The Kier molecular flexibility index (Phi) is 10.2. The lowest BCUT2D eigenvalue weighted by Gasteiger charge is -2.18. The molecule has 0 atom stereocenters. The maximum absolute atomic E-state index is 13.6. The fourth-order valence-corrected chi connectivity index (χ4v) is 4.06. The monoisotopic (exact) mass is 462 g/mol. The van der Waals surface area contributed by atoms with Crippen molar-refractivity contribution in [2.75, 3.05) is 14.2 Å². The average molecular weight is 462 g/mol. The van der Waals surface area contributed by atoms with Gasteiger partial charge in [0.1, 0.15) is 5.68 Å². The van der Waals surface area contributed by atoms with E-state index >= 15 is 0 Å². The molecule has 33 heavy (non-hydrogen) atoms. The second-order valence-corrected chi connectivity index (χ2v) is 8.60. The van der Waals surface area contributed by atoms with Crippen LogP contribution in [0.15, 0.2) is 63.6 Å². The van der Waals surface area contributed by atoms with Crippen molar-refractivity contribution in [2.24, 2.45) is 0 Å². The van der Waals surface area contributed by atoms with E-state index in [1.807, 2.05) is 25.9 Å². The fourth-order valence-electron chi connectivity index (χ4n) is 3.51. The van der Waals surface area contributed by atoms with Crippen LogP contribution in [0.5, 0.6) is 11.5 Å². The minimum atomic E-state index is -0.337. The van der Waals surface area contributed by atoms with Crippen molar-refractivity contribution in [2.45, 2.75) is 33.3 Å². The summed E-state index contributed by atoms with van der Waals surface area (Å²) in [6.45, 7) is 9.24. The van der Waals surface area contributed by atoms with Gasteiger partial charge in [0, 0.05) is 5.56 Å². The molecule has 0 aliphatic carbocycles. The molecule has 2 aromatic rings. The van der Waals surface area contributed by atoms with Crippen molar-refractivity contribution in [1.82, 2.24) is 0 Å². The number of ether oxygens (including phenoxy) is 2. The van der Waals surface area contributed by atoms with Gasteiger partial charge >= 0.3 is 0 Å². The number of carbonyl (C=O) groups is 2. The van der Waals surface area contributed by atoms with Crippen LogP contribution in [0.1, 0.15) is 25.0 Å². The number of benzene rings is 1. The number of rotatable bonds is 11. The molecule has 0 N–H and O–H groups in total. The standard InChI is InChI=1S/C25H28B2O5S/c1-7-27(15-21-12-13-32-16-21)25(29)24(19(3)33-17-28)26(4)18(2)8-9-20-10-11-22(30-5)23(14-20)31-6/h10-14,16-17H,2,7,15H2,1,3-6H3/b24-19+. The van der Waals surface area contributed by atoms with E-state index in [1.54, 1.807) is 45.8 Å². The highest BCUT2D eigenvalue weighted by Gasteiger charge is 2.31. The molecule has 0 saturated heterocycles. The molecule has 5 nitrogen and oxygen atoms in total. The lowest BCUT2D eigenvalue weighted by Crippen LogP contribution is -2.35. The zero-order valence-corrected chi connectivity index (χ0v) is 20.6. The van der Waals surface area contributed by atoms with Gasteiger partial charge in [-0.1, -0.05) is 50.2 Å². The van der Waals surface area contributed by atoms with Crippen molar-refractivity contribution in [3.05, 3.63) is 70.3 Å². The molecular formula is C25H28B2O5S. The Morgan fingerprint density at radius 3 is 2.55 bits per heavy atom. The second kappa shape index (κ2) is 12.9. The summed E-state index contributed by atoms with van der Waals surface area (Å²) in [6, 6.07) is 7.27. The molecule has 0 unspecified atom stereocenters. The number of furan rings is 1. The number of thioether (sulfide) groups is 1. The summed E-state index contributed by atoms with van der Waals surface area (Å²) in [6.07, 6.45) is 4.50. The SMILES string of the molecule is C=C(C#Cc1ccc(OC)c(OC)c1)B(C)/C(C(=O)B(CC)Cc1ccoc1)=C(\C)SC=O. The highest BCUT2D eigenvalue weighted by atomic mass is 32.2. The van der Waals surface area contributed by atoms with Crippen LogP contribution in [0.4, 0.5) is 0 Å². The van der Waals surface area contributed by atoms with Crippen LogP contribution in [0.25, 0.3) is 0 Å². The van der Waals surface area contributed by atoms with Crippen LogP contribution in [0, 0.1) is 11.8 Å². The van der Waals surface area contributed by atoms with Gasteiger partial charge in [-0.2, -0.15) is 0 Å². The van der Waals surface area contributed by atoms with E-state index in [1.165, 1.54) is 0 Å². The molecule has 0 aliphatic rings. The van der Waals surface area contributed by atoms with E-state index in [0.717, 1.165) is 28.5 Å². The van der Waals surface area contributed by atoms with Gasteiger partial charge in [0.2, 0.25) is 13.4 Å². The van der Waals surface area contributed by atoms with Crippen molar-refractivity contribution in [1.29, 1.82) is 0 Å². The lowest BCUT2D eigenvalue weighted by atomic mass is 9.31. The van der Waals surface area contributed by atoms with Crippen molar-refractivity contribution in [3.8, 4) is 23.3 Å². The van der Waals surface area contributed by atoms with Gasteiger partial charge in [-0.05, 0) is 58.9 Å². The summed E-state index contributed by atoms with van der Waals surface area (Å²) in [5, 5.41) is 0. The van der Waals surface area contributed by atoms with Gasteiger partial charge in [-0.15, -0.1) is 0 Å². The molecule has 0 bridgehead atoms. The summed E-state index contributed by atoms with van der Waals surface area (Å²) in [5.74, 6) is 7.38. The number of hydrogen-bond donors (Lipinski definition) is 0. The van der Waals surface area contributed by atoms with Gasteiger partial charge in [0.15, 0.2) is 17.1 Å². The highest BCUT2D eigenvalue weighted by molar-refractivity contribution is 8.15. The van der Waals surface area contributed by atoms with E-state index in [-0.39, 0.29) is 19.1 Å². The van der Waals surface area contributed by atoms with E-state index in [4.69, 9.17) is 13.9 Å². The second-order valence-electron chi connectivity index (χ2n) is 7.56. The average Bonchev–Trinajstić information content (AvgIpc) is 3.34.